The van der Waals surface area contributed by atoms with Crippen LogP contribution in [0, 0.1) is 5.92 Å². The molecule has 21 heavy (non-hydrogen) atoms. The summed E-state index contributed by atoms with van der Waals surface area (Å²) in [5.41, 5.74) is 6.61. The summed E-state index contributed by atoms with van der Waals surface area (Å²) in [6.45, 7) is 3.99. The monoisotopic (exact) mass is 311 g/mol. The number of amides is 2. The zero-order valence-corrected chi connectivity index (χ0v) is 13.6. The average Bonchev–Trinajstić information content (AvgIpc) is 2.37. The molecule has 0 fully saturated rings. The van der Waals surface area contributed by atoms with Gasteiger partial charge < -0.3 is 16.0 Å². The summed E-state index contributed by atoms with van der Waals surface area (Å²) in [5, 5.41) is 3.14. The van der Waals surface area contributed by atoms with Crippen molar-refractivity contribution in [1.82, 2.24) is 4.90 Å². The standard InChI is InChI=1S/C15H22ClN3O2/c1-9(2)7-12(17)14(20)18-13-8-10(16)5-6-11(13)15(21)19(3)4/h5-6,8-9,12H,7,17H2,1-4H3,(H,18,20)/t12-/m0/s1. The van der Waals surface area contributed by atoms with E-state index in [0.717, 1.165) is 0 Å². The predicted octanol–water partition coefficient (Wildman–Crippen LogP) is 2.35. The predicted molar refractivity (Wildman–Crippen MR) is 85.5 cm³/mol. The molecule has 0 saturated carbocycles. The minimum Gasteiger partial charge on any atom is -0.345 e. The van der Waals surface area contributed by atoms with Crippen molar-refractivity contribution in [2.24, 2.45) is 11.7 Å². The SMILES string of the molecule is CC(C)C[C@H](N)C(=O)Nc1cc(Cl)ccc1C(=O)N(C)C. The Hall–Kier alpha value is -1.59. The van der Waals surface area contributed by atoms with Gasteiger partial charge >= 0.3 is 0 Å². The summed E-state index contributed by atoms with van der Waals surface area (Å²) in [5.74, 6) is -0.217. The van der Waals surface area contributed by atoms with Crippen LogP contribution in [-0.4, -0.2) is 36.9 Å². The largest absolute Gasteiger partial charge is 0.345 e. The molecular formula is C15H22ClN3O2. The van der Waals surface area contributed by atoms with E-state index in [9.17, 15) is 9.59 Å². The Labute approximate surface area is 130 Å². The molecule has 0 spiro atoms. The van der Waals surface area contributed by atoms with Crippen molar-refractivity contribution < 1.29 is 9.59 Å². The Morgan fingerprint density at radius 2 is 1.95 bits per heavy atom. The van der Waals surface area contributed by atoms with E-state index < -0.39 is 6.04 Å². The van der Waals surface area contributed by atoms with E-state index in [1.165, 1.54) is 4.90 Å². The molecule has 0 bridgehead atoms. The Morgan fingerprint density at radius 3 is 2.48 bits per heavy atom. The van der Waals surface area contributed by atoms with Crippen LogP contribution >= 0.6 is 11.6 Å². The van der Waals surface area contributed by atoms with Crippen molar-refractivity contribution in [1.29, 1.82) is 0 Å². The molecule has 0 aromatic heterocycles. The van der Waals surface area contributed by atoms with Gasteiger partial charge in [0, 0.05) is 19.1 Å². The van der Waals surface area contributed by atoms with Gasteiger partial charge in [-0.2, -0.15) is 0 Å². The van der Waals surface area contributed by atoms with Gasteiger partial charge in [-0.1, -0.05) is 25.4 Å². The maximum Gasteiger partial charge on any atom is 0.255 e. The molecule has 1 aromatic rings. The molecule has 0 radical (unpaired) electrons. The molecule has 3 N–H and O–H groups in total. The van der Waals surface area contributed by atoms with E-state index >= 15 is 0 Å². The number of carbonyl (C=O) groups is 2. The van der Waals surface area contributed by atoms with Gasteiger partial charge in [0.15, 0.2) is 0 Å². The minimum absolute atomic E-state index is 0.209. The van der Waals surface area contributed by atoms with E-state index in [2.05, 4.69) is 5.32 Å². The van der Waals surface area contributed by atoms with Crippen molar-refractivity contribution in [3.8, 4) is 0 Å². The second-order valence-corrected chi connectivity index (χ2v) is 6.05. The first-order valence-corrected chi connectivity index (χ1v) is 7.17. The third-order valence-electron chi connectivity index (χ3n) is 2.94. The third kappa shape index (κ3) is 5.02. The first kappa shape index (κ1) is 17.5. The van der Waals surface area contributed by atoms with Gasteiger partial charge in [0.05, 0.1) is 17.3 Å². The number of halogens is 1. The molecule has 1 aromatic carbocycles. The highest BCUT2D eigenvalue weighted by molar-refractivity contribution is 6.31. The van der Waals surface area contributed by atoms with Crippen molar-refractivity contribution in [2.75, 3.05) is 19.4 Å². The van der Waals surface area contributed by atoms with Gasteiger partial charge in [0.25, 0.3) is 5.91 Å². The minimum atomic E-state index is -0.619. The maximum absolute atomic E-state index is 12.1. The van der Waals surface area contributed by atoms with Crippen LogP contribution in [0.4, 0.5) is 5.69 Å². The van der Waals surface area contributed by atoms with Crippen LogP contribution in [0.15, 0.2) is 18.2 Å². The lowest BCUT2D eigenvalue weighted by Gasteiger charge is -2.18. The Bertz CT molecular complexity index is 530. The first-order chi connectivity index (χ1) is 9.72. The number of nitrogens with one attached hydrogen (secondary N) is 1. The number of hydrogen-bond donors (Lipinski definition) is 2. The number of rotatable bonds is 5. The molecule has 0 aliphatic carbocycles. The van der Waals surface area contributed by atoms with E-state index in [0.29, 0.717) is 28.6 Å². The molecule has 1 atom stereocenters. The van der Waals surface area contributed by atoms with Crippen molar-refractivity contribution in [2.45, 2.75) is 26.3 Å². The van der Waals surface area contributed by atoms with Gasteiger partial charge in [0.2, 0.25) is 5.91 Å². The van der Waals surface area contributed by atoms with Crippen LogP contribution in [0.25, 0.3) is 0 Å². The van der Waals surface area contributed by atoms with Crippen LogP contribution in [0.1, 0.15) is 30.6 Å². The van der Waals surface area contributed by atoms with E-state index in [1.807, 2.05) is 13.8 Å². The number of nitrogens with two attached hydrogens (primary N) is 1. The molecule has 1 rings (SSSR count). The summed E-state index contributed by atoms with van der Waals surface area (Å²) in [6, 6.07) is 4.14. The number of anilines is 1. The fourth-order valence-corrected chi connectivity index (χ4v) is 2.06. The van der Waals surface area contributed by atoms with Gasteiger partial charge in [-0.15, -0.1) is 0 Å². The van der Waals surface area contributed by atoms with Crippen molar-refractivity contribution in [3.05, 3.63) is 28.8 Å². The molecular weight excluding hydrogens is 290 g/mol. The molecule has 2 amide bonds. The van der Waals surface area contributed by atoms with Crippen LogP contribution < -0.4 is 11.1 Å². The topological polar surface area (TPSA) is 75.4 Å². The molecule has 116 valence electrons. The zero-order valence-electron chi connectivity index (χ0n) is 12.8. The summed E-state index contributed by atoms with van der Waals surface area (Å²) in [4.78, 5) is 25.6. The van der Waals surface area contributed by atoms with Crippen LogP contribution in [0.5, 0.6) is 0 Å². The second-order valence-electron chi connectivity index (χ2n) is 5.61. The van der Waals surface area contributed by atoms with Crippen LogP contribution in [0.3, 0.4) is 0 Å². The first-order valence-electron chi connectivity index (χ1n) is 6.80. The van der Waals surface area contributed by atoms with Crippen LogP contribution in [-0.2, 0) is 4.79 Å². The summed E-state index contributed by atoms with van der Waals surface area (Å²) < 4.78 is 0. The molecule has 0 heterocycles. The molecule has 0 saturated heterocycles. The van der Waals surface area contributed by atoms with Crippen LogP contribution in [0.2, 0.25) is 5.02 Å². The Morgan fingerprint density at radius 1 is 1.33 bits per heavy atom. The fraction of sp³-hybridized carbons (Fsp3) is 0.467. The van der Waals surface area contributed by atoms with Crippen molar-refractivity contribution in [3.63, 3.8) is 0 Å². The highest BCUT2D eigenvalue weighted by Gasteiger charge is 2.19. The lowest BCUT2D eigenvalue weighted by Crippen LogP contribution is -2.37. The Kier molecular flexibility index (Phi) is 6.18. The average molecular weight is 312 g/mol. The van der Waals surface area contributed by atoms with Gasteiger partial charge in [-0.3, -0.25) is 9.59 Å². The molecule has 5 nitrogen and oxygen atoms in total. The van der Waals surface area contributed by atoms with E-state index in [1.54, 1.807) is 32.3 Å². The zero-order chi connectivity index (χ0) is 16.2. The fourth-order valence-electron chi connectivity index (χ4n) is 1.89. The quantitative estimate of drug-likeness (QED) is 0.876. The summed E-state index contributed by atoms with van der Waals surface area (Å²) in [7, 11) is 3.29. The van der Waals surface area contributed by atoms with Crippen molar-refractivity contribution >= 4 is 29.1 Å². The highest BCUT2D eigenvalue weighted by Crippen LogP contribution is 2.22. The molecule has 0 aliphatic heterocycles. The normalized spacial score (nSPS) is 12.1. The summed E-state index contributed by atoms with van der Waals surface area (Å²) >= 11 is 5.94. The smallest absolute Gasteiger partial charge is 0.255 e. The molecule has 6 heteroatoms. The Balaban J connectivity index is 2.99. The lowest BCUT2D eigenvalue weighted by molar-refractivity contribution is -0.117. The number of nitrogens with zero attached hydrogens (tertiary/aromatic N) is 1. The highest BCUT2D eigenvalue weighted by atomic mass is 35.5. The maximum atomic E-state index is 12.1. The van der Waals surface area contributed by atoms with E-state index in [-0.39, 0.29) is 11.8 Å². The van der Waals surface area contributed by atoms with Gasteiger partial charge in [-0.25, -0.2) is 0 Å². The summed E-state index contributed by atoms with van der Waals surface area (Å²) in [6.07, 6.45) is 0.573. The third-order valence-corrected chi connectivity index (χ3v) is 3.17. The number of benzene rings is 1. The lowest BCUT2D eigenvalue weighted by atomic mass is 10.0. The molecule has 0 unspecified atom stereocenters. The second kappa shape index (κ2) is 7.43. The molecule has 0 aliphatic rings. The number of carbonyl (C=O) groups excluding carboxylic acids is 2. The van der Waals surface area contributed by atoms with Gasteiger partial charge in [-0.05, 0) is 30.5 Å². The van der Waals surface area contributed by atoms with Gasteiger partial charge in [0.1, 0.15) is 0 Å². The van der Waals surface area contributed by atoms with E-state index in [4.69, 9.17) is 17.3 Å². The number of hydrogen-bond acceptors (Lipinski definition) is 3.